The molecule has 0 aromatic carbocycles. The molecule has 1 unspecified atom stereocenters. The van der Waals surface area contributed by atoms with Gasteiger partial charge in [0.25, 0.3) is 0 Å². The molecule has 2 heterocycles. The van der Waals surface area contributed by atoms with Gasteiger partial charge in [-0.1, -0.05) is 0 Å². The second-order valence-corrected chi connectivity index (χ2v) is 4.56. The maximum absolute atomic E-state index is 8.93. The number of nitrogens with zero attached hydrogens (tertiary/aromatic N) is 3. The van der Waals surface area contributed by atoms with Crippen molar-refractivity contribution in [2.75, 3.05) is 19.7 Å². The van der Waals surface area contributed by atoms with Gasteiger partial charge >= 0.3 is 0 Å². The summed E-state index contributed by atoms with van der Waals surface area (Å²) >= 11 is 0. The lowest BCUT2D eigenvalue weighted by Gasteiger charge is -2.34. The van der Waals surface area contributed by atoms with Crippen molar-refractivity contribution in [3.05, 3.63) is 23.8 Å². The lowest BCUT2D eigenvalue weighted by Crippen LogP contribution is -2.42. The SMILES string of the molecule is CC(C)N1CCOC(c2ncc(CO)cn2)C1. The molecule has 0 amide bonds. The fraction of sp³-hybridized carbons (Fsp3) is 0.667. The first-order valence-corrected chi connectivity index (χ1v) is 5.98. The normalized spacial score (nSPS) is 22.0. The molecule has 5 nitrogen and oxygen atoms in total. The Labute approximate surface area is 101 Å². The Bertz CT molecular complexity index is 353. The monoisotopic (exact) mass is 237 g/mol. The Hall–Kier alpha value is -1.04. The third-order valence-corrected chi connectivity index (χ3v) is 3.02. The van der Waals surface area contributed by atoms with Gasteiger partial charge in [0.15, 0.2) is 5.82 Å². The molecule has 94 valence electrons. The highest BCUT2D eigenvalue weighted by Crippen LogP contribution is 2.20. The van der Waals surface area contributed by atoms with Crippen LogP contribution in [0.4, 0.5) is 0 Å². The van der Waals surface area contributed by atoms with E-state index in [1.807, 2.05) is 0 Å². The molecule has 17 heavy (non-hydrogen) atoms. The van der Waals surface area contributed by atoms with Crippen molar-refractivity contribution in [1.29, 1.82) is 0 Å². The van der Waals surface area contributed by atoms with Gasteiger partial charge in [-0.3, -0.25) is 4.90 Å². The summed E-state index contributed by atoms with van der Waals surface area (Å²) in [7, 11) is 0. The van der Waals surface area contributed by atoms with Gasteiger partial charge in [0, 0.05) is 37.1 Å². The lowest BCUT2D eigenvalue weighted by atomic mass is 10.2. The molecule has 5 heteroatoms. The van der Waals surface area contributed by atoms with E-state index >= 15 is 0 Å². The van der Waals surface area contributed by atoms with E-state index in [9.17, 15) is 0 Å². The van der Waals surface area contributed by atoms with Gasteiger partial charge in [-0.25, -0.2) is 9.97 Å². The summed E-state index contributed by atoms with van der Waals surface area (Å²) in [6, 6.07) is 0.512. The van der Waals surface area contributed by atoms with Crippen LogP contribution < -0.4 is 0 Å². The number of aliphatic hydroxyl groups is 1. The molecule has 0 spiro atoms. The number of ether oxygens (including phenoxy) is 1. The van der Waals surface area contributed by atoms with Crippen LogP contribution in [0.2, 0.25) is 0 Å². The predicted molar refractivity (Wildman–Crippen MR) is 63.4 cm³/mol. The standard InChI is InChI=1S/C12H19N3O2/c1-9(2)15-3-4-17-11(7-15)12-13-5-10(8-16)6-14-12/h5-6,9,11,16H,3-4,7-8H2,1-2H3. The quantitative estimate of drug-likeness (QED) is 0.840. The maximum atomic E-state index is 8.93. The van der Waals surface area contributed by atoms with Crippen molar-refractivity contribution >= 4 is 0 Å². The van der Waals surface area contributed by atoms with Crippen molar-refractivity contribution in [2.45, 2.75) is 32.6 Å². The first kappa shape index (κ1) is 12.4. The summed E-state index contributed by atoms with van der Waals surface area (Å²) in [5.74, 6) is 0.701. The van der Waals surface area contributed by atoms with Crippen molar-refractivity contribution in [3.8, 4) is 0 Å². The molecule has 1 aromatic heterocycles. The minimum absolute atomic E-state index is 0.0239. The highest BCUT2D eigenvalue weighted by Gasteiger charge is 2.25. The summed E-state index contributed by atoms with van der Waals surface area (Å²) in [4.78, 5) is 10.8. The fourth-order valence-electron chi connectivity index (χ4n) is 1.91. The summed E-state index contributed by atoms with van der Waals surface area (Å²) in [6.45, 7) is 6.84. The number of aliphatic hydroxyl groups excluding tert-OH is 1. The third kappa shape index (κ3) is 3.00. The Morgan fingerprint density at radius 3 is 2.76 bits per heavy atom. The molecule has 1 aromatic rings. The van der Waals surface area contributed by atoms with Gasteiger partial charge in [0.1, 0.15) is 6.10 Å². The largest absolute Gasteiger partial charge is 0.392 e. The number of rotatable bonds is 3. The van der Waals surface area contributed by atoms with E-state index in [1.54, 1.807) is 12.4 Å². The second kappa shape index (κ2) is 5.53. The highest BCUT2D eigenvalue weighted by atomic mass is 16.5. The van der Waals surface area contributed by atoms with E-state index in [4.69, 9.17) is 9.84 Å². The minimum Gasteiger partial charge on any atom is -0.392 e. The van der Waals surface area contributed by atoms with Crippen molar-refractivity contribution in [2.24, 2.45) is 0 Å². The molecular weight excluding hydrogens is 218 g/mol. The fourth-order valence-corrected chi connectivity index (χ4v) is 1.91. The second-order valence-electron chi connectivity index (χ2n) is 4.56. The van der Waals surface area contributed by atoms with Gasteiger partial charge < -0.3 is 9.84 Å². The van der Waals surface area contributed by atoms with Crippen LogP contribution in [0.25, 0.3) is 0 Å². The van der Waals surface area contributed by atoms with Crippen LogP contribution in [0.3, 0.4) is 0 Å². The average molecular weight is 237 g/mol. The molecule has 1 atom stereocenters. The van der Waals surface area contributed by atoms with Crippen LogP contribution in [0.15, 0.2) is 12.4 Å². The first-order chi connectivity index (χ1) is 8.20. The average Bonchev–Trinajstić information content (AvgIpc) is 2.39. The Morgan fingerprint density at radius 2 is 2.18 bits per heavy atom. The highest BCUT2D eigenvalue weighted by molar-refractivity contribution is 5.05. The van der Waals surface area contributed by atoms with E-state index < -0.39 is 0 Å². The Morgan fingerprint density at radius 1 is 1.47 bits per heavy atom. The number of morpholine rings is 1. The zero-order valence-electron chi connectivity index (χ0n) is 10.3. The third-order valence-electron chi connectivity index (χ3n) is 3.02. The molecule has 0 bridgehead atoms. The van der Waals surface area contributed by atoms with E-state index in [2.05, 4.69) is 28.7 Å². The molecule has 2 rings (SSSR count). The number of hydrogen-bond donors (Lipinski definition) is 1. The van der Waals surface area contributed by atoms with Crippen molar-refractivity contribution < 1.29 is 9.84 Å². The Kier molecular flexibility index (Phi) is 4.04. The molecule has 1 saturated heterocycles. The summed E-state index contributed by atoms with van der Waals surface area (Å²) < 4.78 is 5.69. The zero-order valence-corrected chi connectivity index (χ0v) is 10.3. The van der Waals surface area contributed by atoms with Crippen LogP contribution in [0, 0.1) is 0 Å². The topological polar surface area (TPSA) is 58.5 Å². The van der Waals surface area contributed by atoms with E-state index in [0.717, 1.165) is 18.7 Å². The van der Waals surface area contributed by atoms with Gasteiger partial charge in [0.05, 0.1) is 13.2 Å². The van der Waals surface area contributed by atoms with Gasteiger partial charge in [-0.15, -0.1) is 0 Å². The summed E-state index contributed by atoms with van der Waals surface area (Å²) in [5.41, 5.74) is 0.727. The van der Waals surface area contributed by atoms with Gasteiger partial charge in [-0.2, -0.15) is 0 Å². The van der Waals surface area contributed by atoms with E-state index in [1.165, 1.54) is 0 Å². The molecular formula is C12H19N3O2. The molecule has 1 aliphatic rings. The molecule has 1 fully saturated rings. The van der Waals surface area contributed by atoms with Crippen LogP contribution in [-0.2, 0) is 11.3 Å². The van der Waals surface area contributed by atoms with Crippen molar-refractivity contribution in [1.82, 2.24) is 14.9 Å². The molecule has 0 aliphatic carbocycles. The van der Waals surface area contributed by atoms with Crippen molar-refractivity contribution in [3.63, 3.8) is 0 Å². The smallest absolute Gasteiger partial charge is 0.158 e. The van der Waals surface area contributed by atoms with Crippen LogP contribution >= 0.6 is 0 Å². The number of hydrogen-bond acceptors (Lipinski definition) is 5. The predicted octanol–water partition coefficient (Wildman–Crippen LogP) is 0.751. The summed E-state index contributed by atoms with van der Waals surface area (Å²) in [6.07, 6.45) is 3.25. The summed E-state index contributed by atoms with van der Waals surface area (Å²) in [5, 5.41) is 8.93. The lowest BCUT2D eigenvalue weighted by molar-refractivity contribution is -0.0443. The van der Waals surface area contributed by atoms with E-state index in [0.29, 0.717) is 18.5 Å². The van der Waals surface area contributed by atoms with Crippen LogP contribution in [-0.4, -0.2) is 45.7 Å². The Balaban J connectivity index is 2.05. The zero-order chi connectivity index (χ0) is 12.3. The van der Waals surface area contributed by atoms with Gasteiger partial charge in [0.2, 0.25) is 0 Å². The number of aromatic nitrogens is 2. The minimum atomic E-state index is -0.0566. The molecule has 0 saturated carbocycles. The van der Waals surface area contributed by atoms with Crippen LogP contribution in [0.5, 0.6) is 0 Å². The van der Waals surface area contributed by atoms with Crippen LogP contribution in [0.1, 0.15) is 31.3 Å². The molecule has 0 radical (unpaired) electrons. The first-order valence-electron chi connectivity index (χ1n) is 5.98. The maximum Gasteiger partial charge on any atom is 0.158 e. The molecule has 1 aliphatic heterocycles. The van der Waals surface area contributed by atoms with Gasteiger partial charge in [-0.05, 0) is 13.8 Å². The molecule has 1 N–H and O–H groups in total. The van der Waals surface area contributed by atoms with E-state index in [-0.39, 0.29) is 12.7 Å².